The molecule has 182 valence electrons. The lowest BCUT2D eigenvalue weighted by Gasteiger charge is -2.42. The molecule has 2 aliphatic rings. The number of rotatable bonds is 7. The maximum atomic E-state index is 14.0. The van der Waals surface area contributed by atoms with Crippen molar-refractivity contribution in [1.82, 2.24) is 14.8 Å². The molecule has 1 aromatic carbocycles. The molecule has 0 radical (unpaired) electrons. The van der Waals surface area contributed by atoms with Gasteiger partial charge < -0.3 is 29.4 Å². The second-order valence-corrected chi connectivity index (χ2v) is 8.42. The van der Waals surface area contributed by atoms with Crippen molar-refractivity contribution >= 4 is 11.8 Å². The number of hydrogen-bond acceptors (Lipinski definition) is 6. The van der Waals surface area contributed by atoms with E-state index < -0.39 is 46.1 Å². The van der Waals surface area contributed by atoms with Crippen LogP contribution in [0.2, 0.25) is 0 Å². The number of carbonyl (C=O) groups excluding carboxylic acids is 2. The van der Waals surface area contributed by atoms with Crippen LogP contribution in [0.5, 0.6) is 5.75 Å². The predicted octanol–water partition coefficient (Wildman–Crippen LogP) is 1.32. The number of aliphatic hydroxyl groups is 1. The minimum atomic E-state index is -1.24. The van der Waals surface area contributed by atoms with Crippen molar-refractivity contribution in [1.29, 1.82) is 0 Å². The summed E-state index contributed by atoms with van der Waals surface area (Å²) in [6, 6.07) is 2.92. The van der Waals surface area contributed by atoms with E-state index in [-0.39, 0.29) is 48.8 Å². The van der Waals surface area contributed by atoms with Gasteiger partial charge in [0.25, 0.3) is 11.8 Å². The maximum Gasteiger partial charge on any atom is 0.274 e. The number of amides is 2. The minimum absolute atomic E-state index is 0.0132. The summed E-state index contributed by atoms with van der Waals surface area (Å²) in [5, 5.41) is 13.4. The van der Waals surface area contributed by atoms with Gasteiger partial charge in [-0.15, -0.1) is 0 Å². The van der Waals surface area contributed by atoms with Crippen molar-refractivity contribution in [3.05, 3.63) is 62.6 Å². The van der Waals surface area contributed by atoms with E-state index in [1.165, 1.54) is 29.8 Å². The summed E-state index contributed by atoms with van der Waals surface area (Å²) in [7, 11) is 2.70. The Morgan fingerprint density at radius 2 is 2.03 bits per heavy atom. The Balaban J connectivity index is 1.86. The van der Waals surface area contributed by atoms with E-state index in [2.05, 4.69) is 5.32 Å². The van der Waals surface area contributed by atoms with Gasteiger partial charge in [-0.2, -0.15) is 0 Å². The van der Waals surface area contributed by atoms with Crippen molar-refractivity contribution in [3.8, 4) is 5.75 Å². The molecule has 0 spiro atoms. The fourth-order valence-electron chi connectivity index (χ4n) is 4.96. The maximum absolute atomic E-state index is 14.0. The van der Waals surface area contributed by atoms with Crippen LogP contribution in [0.4, 0.5) is 8.78 Å². The monoisotopic (exact) mass is 477 g/mol. The van der Waals surface area contributed by atoms with Crippen LogP contribution in [0.25, 0.3) is 0 Å². The number of ether oxygens (including phenoxy) is 2. The van der Waals surface area contributed by atoms with Crippen molar-refractivity contribution in [3.63, 3.8) is 0 Å². The van der Waals surface area contributed by atoms with Crippen LogP contribution in [0.15, 0.2) is 23.0 Å². The van der Waals surface area contributed by atoms with Gasteiger partial charge in [-0.1, -0.05) is 6.07 Å². The number of benzene rings is 1. The summed E-state index contributed by atoms with van der Waals surface area (Å²) in [6.45, 7) is 2.15. The molecule has 0 saturated heterocycles. The molecular formula is C23H25F2N3O6. The summed E-state index contributed by atoms with van der Waals surface area (Å²) in [5.74, 6) is -3.27. The van der Waals surface area contributed by atoms with Crippen molar-refractivity contribution in [2.24, 2.45) is 0 Å². The smallest absolute Gasteiger partial charge is 0.274 e. The Hall–Kier alpha value is -3.31. The molecule has 9 nitrogen and oxygen atoms in total. The number of aromatic nitrogens is 1. The first-order chi connectivity index (χ1) is 16.2. The van der Waals surface area contributed by atoms with Crippen LogP contribution >= 0.6 is 0 Å². The quantitative estimate of drug-likeness (QED) is 0.623. The first kappa shape index (κ1) is 23.8. The molecule has 4 rings (SSSR count). The number of halogens is 2. The molecule has 0 saturated carbocycles. The van der Waals surface area contributed by atoms with Crippen molar-refractivity contribution in [2.45, 2.75) is 31.5 Å². The van der Waals surface area contributed by atoms with Gasteiger partial charge >= 0.3 is 0 Å². The third kappa shape index (κ3) is 3.55. The molecule has 2 aliphatic heterocycles. The van der Waals surface area contributed by atoms with E-state index in [1.807, 2.05) is 0 Å². The van der Waals surface area contributed by atoms with Crippen molar-refractivity contribution < 1.29 is 33.0 Å². The summed E-state index contributed by atoms with van der Waals surface area (Å²) < 4.78 is 39.4. The van der Waals surface area contributed by atoms with Gasteiger partial charge in [0.1, 0.15) is 17.2 Å². The zero-order valence-corrected chi connectivity index (χ0v) is 19.0. The lowest BCUT2D eigenvalue weighted by molar-refractivity contribution is 0.0214. The third-order valence-electron chi connectivity index (χ3n) is 6.39. The van der Waals surface area contributed by atoms with Gasteiger partial charge in [-0.3, -0.25) is 14.4 Å². The molecule has 0 aliphatic carbocycles. The topological polar surface area (TPSA) is 110 Å². The summed E-state index contributed by atoms with van der Waals surface area (Å²) in [5.41, 5.74) is -2.23. The molecule has 2 N–H and O–H groups in total. The highest BCUT2D eigenvalue weighted by Crippen LogP contribution is 2.46. The number of likely N-dealkylation sites (N-methyl/N-ethyl adjacent to an activating group) is 1. The van der Waals surface area contributed by atoms with Crippen LogP contribution in [-0.2, 0) is 16.8 Å². The Bertz CT molecular complexity index is 1230. The van der Waals surface area contributed by atoms with E-state index in [0.717, 1.165) is 6.07 Å². The Morgan fingerprint density at radius 3 is 2.65 bits per heavy atom. The highest BCUT2D eigenvalue weighted by atomic mass is 19.1. The van der Waals surface area contributed by atoms with Gasteiger partial charge in [0.15, 0.2) is 11.4 Å². The molecular weight excluding hydrogens is 452 g/mol. The van der Waals surface area contributed by atoms with E-state index in [9.17, 15) is 28.3 Å². The fraction of sp³-hybridized carbons (Fsp3) is 0.435. The molecule has 34 heavy (non-hydrogen) atoms. The number of pyridine rings is 1. The first-order valence-corrected chi connectivity index (χ1v) is 10.7. The Morgan fingerprint density at radius 1 is 1.29 bits per heavy atom. The molecule has 1 aromatic heterocycles. The summed E-state index contributed by atoms with van der Waals surface area (Å²) >= 11 is 0. The third-order valence-corrected chi connectivity index (χ3v) is 6.39. The van der Waals surface area contributed by atoms with Gasteiger partial charge in [0.05, 0.1) is 31.1 Å². The van der Waals surface area contributed by atoms with Gasteiger partial charge in [0, 0.05) is 44.8 Å². The molecule has 0 fully saturated rings. The summed E-state index contributed by atoms with van der Waals surface area (Å²) in [4.78, 5) is 41.3. The lowest BCUT2D eigenvalue weighted by atomic mass is 9.93. The number of methoxy groups -OCH3 is 2. The standard InChI is InChI=1S/C23H25F2N3O6/c1-4-27-10-23(11-33-2)8-15(29)17-16(19(30)20(34-3)18(22(27)32)28(17)23)21(31)26-9-12-5-6-13(24)7-14(12)25/h5-7,15,29H,4,8-11H2,1-3H3,(H,26,31). The number of nitrogens with one attached hydrogen (secondary N) is 1. The largest absolute Gasteiger partial charge is 0.491 e. The zero-order valence-electron chi connectivity index (χ0n) is 19.0. The lowest BCUT2D eigenvalue weighted by Crippen LogP contribution is -2.55. The minimum Gasteiger partial charge on any atom is -0.491 e. The van der Waals surface area contributed by atoms with Crippen LogP contribution in [-0.4, -0.2) is 60.3 Å². The number of aliphatic hydroxyl groups excluding tert-OH is 1. The predicted molar refractivity (Wildman–Crippen MR) is 116 cm³/mol. The van der Waals surface area contributed by atoms with E-state index >= 15 is 0 Å². The number of hydrogen-bond donors (Lipinski definition) is 2. The highest BCUT2D eigenvalue weighted by molar-refractivity contribution is 6.00. The Kier molecular flexibility index (Phi) is 6.17. The van der Waals surface area contributed by atoms with Crippen LogP contribution in [0.1, 0.15) is 51.6 Å². The van der Waals surface area contributed by atoms with Gasteiger partial charge in [-0.25, -0.2) is 8.78 Å². The second-order valence-electron chi connectivity index (χ2n) is 8.42. The molecule has 11 heteroatoms. The van der Waals surface area contributed by atoms with E-state index in [4.69, 9.17) is 9.47 Å². The first-order valence-electron chi connectivity index (χ1n) is 10.7. The average Bonchev–Trinajstić information content (AvgIpc) is 3.07. The molecule has 0 bridgehead atoms. The number of nitrogens with zero attached hydrogens (tertiary/aromatic N) is 2. The van der Waals surface area contributed by atoms with Gasteiger partial charge in [0.2, 0.25) is 5.43 Å². The van der Waals surface area contributed by atoms with Crippen LogP contribution in [0.3, 0.4) is 0 Å². The second kappa shape index (κ2) is 8.80. The van der Waals surface area contributed by atoms with Crippen LogP contribution in [0, 0.1) is 11.6 Å². The Labute approximate surface area is 193 Å². The highest BCUT2D eigenvalue weighted by Gasteiger charge is 2.53. The molecule has 2 unspecified atom stereocenters. The number of carbonyl (C=O) groups is 2. The zero-order chi connectivity index (χ0) is 24.8. The summed E-state index contributed by atoms with van der Waals surface area (Å²) in [6.07, 6.45) is -1.13. The molecule has 2 atom stereocenters. The molecule has 2 amide bonds. The SMILES string of the molecule is CCN1CC2(COC)CC(O)c3c(C(=O)NCc4ccc(F)cc4F)c(=O)c(OC)c(n32)C1=O. The van der Waals surface area contributed by atoms with Crippen LogP contribution < -0.4 is 15.5 Å². The molecule has 3 heterocycles. The van der Waals surface area contributed by atoms with Gasteiger partial charge in [-0.05, 0) is 13.0 Å². The average molecular weight is 477 g/mol. The van der Waals surface area contributed by atoms with Crippen molar-refractivity contribution in [2.75, 3.05) is 33.9 Å². The molecule has 2 aromatic rings. The van der Waals surface area contributed by atoms with E-state index in [0.29, 0.717) is 12.6 Å². The fourth-order valence-corrected chi connectivity index (χ4v) is 4.96. The normalized spacial score (nSPS) is 20.9. The van der Waals surface area contributed by atoms with E-state index in [1.54, 1.807) is 6.92 Å².